The molecule has 0 radical (unpaired) electrons. The molecule has 27 heavy (non-hydrogen) atoms. The van der Waals surface area contributed by atoms with Crippen molar-refractivity contribution >= 4 is 22.8 Å². The van der Waals surface area contributed by atoms with Crippen LogP contribution in [0.25, 0.3) is 0 Å². The molecule has 0 aromatic rings. The van der Waals surface area contributed by atoms with E-state index in [9.17, 15) is 5.21 Å². The van der Waals surface area contributed by atoms with E-state index in [1.807, 2.05) is 60.8 Å². The van der Waals surface area contributed by atoms with Crippen molar-refractivity contribution in [1.29, 1.82) is 0 Å². The zero-order valence-corrected chi connectivity index (χ0v) is 15.0. The van der Waals surface area contributed by atoms with Gasteiger partial charge in [0.1, 0.15) is 0 Å². The summed E-state index contributed by atoms with van der Waals surface area (Å²) in [6, 6.07) is 0. The maximum absolute atomic E-state index is 9.39. The average molecular weight is 395 g/mol. The van der Waals surface area contributed by atoms with Gasteiger partial charge in [0.2, 0.25) is 0 Å². The molecule has 2 N–H and O–H groups in total. The monoisotopic (exact) mass is 395 g/mol. The second kappa shape index (κ2) is 6.89. The summed E-state index contributed by atoms with van der Waals surface area (Å²) in [6.45, 7) is 0. The van der Waals surface area contributed by atoms with E-state index in [0.717, 1.165) is 34.2 Å². The van der Waals surface area contributed by atoms with Crippen molar-refractivity contribution in [2.45, 2.75) is 0 Å². The van der Waals surface area contributed by atoms with Crippen LogP contribution < -0.4 is 5.48 Å². The molecule has 0 atom stereocenters. The Hall–Kier alpha value is -3.12. The predicted molar refractivity (Wildman–Crippen MR) is 102 cm³/mol. The smallest absolute Gasteiger partial charge is 0.0913 e. The predicted octanol–water partition coefficient (Wildman–Crippen LogP) is 2.88. The third-order valence-corrected chi connectivity index (χ3v) is 4.16. The maximum Gasteiger partial charge on any atom is 0.0913 e. The molecule has 0 fully saturated rings. The number of allylic oxidation sites excluding steroid dienone is 11. The molecule has 6 nitrogen and oxygen atoms in total. The summed E-state index contributed by atoms with van der Waals surface area (Å²) in [5.41, 5.74) is 8.94. The zero-order valence-electron chi connectivity index (χ0n) is 13.9. The number of nitrogens with zero attached hydrogens (tertiary/aromatic N) is 4. The van der Waals surface area contributed by atoms with Crippen LogP contribution in [0, 0.1) is 0 Å². The molecule has 5 rings (SSSR count). The van der Waals surface area contributed by atoms with Crippen molar-refractivity contribution < 1.29 is 22.3 Å². The fraction of sp³-hybridized carbons (Fsp3) is 0. The Labute approximate surface area is 166 Å². The average Bonchev–Trinajstić information content (AvgIpc) is 3.39. The largest absolute Gasteiger partial charge is 0.291 e. The summed E-state index contributed by atoms with van der Waals surface area (Å²) >= 11 is 0. The first-order valence-electron chi connectivity index (χ1n) is 8.13. The van der Waals surface area contributed by atoms with Gasteiger partial charge in [0.05, 0.1) is 51.3 Å². The fourth-order valence-corrected chi connectivity index (χ4v) is 2.99. The first-order chi connectivity index (χ1) is 12.7. The second-order valence-electron chi connectivity index (χ2n) is 6.05. The second-order valence-corrected chi connectivity index (χ2v) is 6.05. The van der Waals surface area contributed by atoms with Crippen LogP contribution in [0.2, 0.25) is 0 Å². The van der Waals surface area contributed by atoms with Gasteiger partial charge in [-0.1, -0.05) is 0 Å². The molecule has 0 saturated carbocycles. The quantitative estimate of drug-likeness (QED) is 0.529. The van der Waals surface area contributed by atoms with E-state index in [1.54, 1.807) is 6.08 Å². The summed E-state index contributed by atoms with van der Waals surface area (Å²) in [4.78, 5) is 18.2. The van der Waals surface area contributed by atoms with E-state index in [-0.39, 0.29) is 17.1 Å². The van der Waals surface area contributed by atoms with Gasteiger partial charge in [-0.3, -0.25) is 10.7 Å². The molecule has 0 unspecified atom stereocenters. The van der Waals surface area contributed by atoms with Gasteiger partial charge >= 0.3 is 0 Å². The molecular weight excluding hydrogens is 382 g/mol. The summed E-state index contributed by atoms with van der Waals surface area (Å²) in [5.74, 6) is 0. The molecule has 7 heteroatoms. The Kier molecular flexibility index (Phi) is 4.41. The molecule has 0 aromatic carbocycles. The number of hydroxylamine groups is 1. The topological polar surface area (TPSA) is 81.7 Å². The Bertz CT molecular complexity index is 1100. The molecule has 0 spiro atoms. The molecular formula is C20H13FeN5O. The first-order valence-corrected chi connectivity index (χ1v) is 8.13. The van der Waals surface area contributed by atoms with E-state index in [2.05, 4.69) is 25.4 Å². The molecule has 8 bridgehead atoms. The number of fused-ring (bicyclic) bond motifs is 4. The standard InChI is InChI=1S/C20H13N5O.Fe/c26-25-20-11-18-9-16-4-3-14(22-16)7-12-1-2-13(21-12)8-15-5-6-17(23-15)10-19(20)24-18;/h1-11,25-26H;. The minimum Gasteiger partial charge on any atom is -0.291 e. The van der Waals surface area contributed by atoms with Crippen molar-refractivity contribution in [2.75, 3.05) is 0 Å². The van der Waals surface area contributed by atoms with Crippen molar-refractivity contribution in [3.05, 3.63) is 95.3 Å². The summed E-state index contributed by atoms with van der Waals surface area (Å²) in [5, 5.41) is 9.39. The molecule has 0 aromatic heterocycles. The first kappa shape index (κ1) is 17.3. The van der Waals surface area contributed by atoms with Crippen molar-refractivity contribution in [3.63, 3.8) is 0 Å². The minimum absolute atomic E-state index is 0. The fourth-order valence-electron chi connectivity index (χ4n) is 2.99. The number of nitrogens with one attached hydrogen (secondary N) is 1. The summed E-state index contributed by atoms with van der Waals surface area (Å²) < 4.78 is 0. The van der Waals surface area contributed by atoms with Crippen LogP contribution in [-0.4, -0.2) is 28.1 Å². The van der Waals surface area contributed by atoms with Gasteiger partial charge < -0.3 is 0 Å². The van der Waals surface area contributed by atoms with Crippen LogP contribution in [0.15, 0.2) is 115 Å². The van der Waals surface area contributed by atoms with Crippen LogP contribution in [0.4, 0.5) is 0 Å². The summed E-state index contributed by atoms with van der Waals surface area (Å²) in [7, 11) is 0. The van der Waals surface area contributed by atoms with Crippen LogP contribution in [0.5, 0.6) is 0 Å². The normalized spacial score (nSPS) is 21.3. The minimum atomic E-state index is 0. The zero-order chi connectivity index (χ0) is 17.5. The Balaban J connectivity index is 0.00000180. The van der Waals surface area contributed by atoms with E-state index in [0.29, 0.717) is 17.1 Å². The number of hydrogen-bond acceptors (Lipinski definition) is 6. The van der Waals surface area contributed by atoms with Gasteiger partial charge in [0.25, 0.3) is 0 Å². The van der Waals surface area contributed by atoms with Gasteiger partial charge in [0, 0.05) is 17.1 Å². The third-order valence-electron chi connectivity index (χ3n) is 4.16. The van der Waals surface area contributed by atoms with Crippen molar-refractivity contribution in [2.24, 2.45) is 20.0 Å². The van der Waals surface area contributed by atoms with Crippen LogP contribution in [0.3, 0.4) is 0 Å². The van der Waals surface area contributed by atoms with Crippen LogP contribution in [0.1, 0.15) is 0 Å². The number of rotatable bonds is 1. The van der Waals surface area contributed by atoms with E-state index >= 15 is 0 Å². The van der Waals surface area contributed by atoms with Gasteiger partial charge in [-0.2, -0.15) is 0 Å². The van der Waals surface area contributed by atoms with Crippen molar-refractivity contribution in [3.8, 4) is 0 Å². The SMILES string of the molecule is ONC1=CC2=NC1=CC1=NC(=CC3=NC(=CC4=NC(=C2)C=C4)C=C3)C=C1.[Fe]. The van der Waals surface area contributed by atoms with Gasteiger partial charge in [-0.05, 0) is 66.8 Å². The Morgan fingerprint density at radius 1 is 0.556 bits per heavy atom. The Morgan fingerprint density at radius 2 is 1.04 bits per heavy atom. The third kappa shape index (κ3) is 3.44. The molecule has 5 aliphatic heterocycles. The van der Waals surface area contributed by atoms with Crippen LogP contribution >= 0.6 is 0 Å². The molecule has 0 amide bonds. The van der Waals surface area contributed by atoms with Gasteiger partial charge in [0.15, 0.2) is 0 Å². The molecule has 132 valence electrons. The number of hydrogen-bond donors (Lipinski definition) is 2. The molecule has 0 aliphatic carbocycles. The van der Waals surface area contributed by atoms with Crippen molar-refractivity contribution in [1.82, 2.24) is 5.48 Å². The Morgan fingerprint density at radius 3 is 1.56 bits per heavy atom. The van der Waals surface area contributed by atoms with E-state index < -0.39 is 0 Å². The summed E-state index contributed by atoms with van der Waals surface area (Å²) in [6.07, 6.45) is 20.9. The molecule has 5 aliphatic rings. The van der Waals surface area contributed by atoms with Gasteiger partial charge in [-0.25, -0.2) is 20.0 Å². The molecule has 5 heterocycles. The van der Waals surface area contributed by atoms with E-state index in [4.69, 9.17) is 0 Å². The number of aliphatic imine (C=N–C) groups is 4. The van der Waals surface area contributed by atoms with Crippen LogP contribution in [-0.2, 0) is 17.1 Å². The molecule has 0 saturated heterocycles. The van der Waals surface area contributed by atoms with E-state index in [1.165, 1.54) is 0 Å². The maximum atomic E-state index is 9.39. The van der Waals surface area contributed by atoms with Gasteiger partial charge in [-0.15, -0.1) is 0 Å².